The molecule has 1 fully saturated rings. The van der Waals surface area contributed by atoms with Gasteiger partial charge in [-0.15, -0.1) is 0 Å². The minimum atomic E-state index is -2.05. The molecule has 8 nitrogen and oxygen atoms in total. The second kappa shape index (κ2) is 9.89. The fourth-order valence-electron chi connectivity index (χ4n) is 3.65. The summed E-state index contributed by atoms with van der Waals surface area (Å²) in [5.41, 5.74) is 0.332. The average Bonchev–Trinajstić information content (AvgIpc) is 2.63. The van der Waals surface area contributed by atoms with Crippen LogP contribution in [0.1, 0.15) is 47.1 Å². The van der Waals surface area contributed by atoms with Gasteiger partial charge in [-0.25, -0.2) is 9.78 Å². The quantitative estimate of drug-likeness (QED) is 0.264. The number of ether oxygens (including phenoxy) is 3. The Balaban J connectivity index is 2.16. The molecule has 1 aromatic heterocycles. The third-order valence-corrected chi connectivity index (χ3v) is 11.6. The van der Waals surface area contributed by atoms with E-state index in [4.69, 9.17) is 14.2 Å². The molecule has 0 aromatic carbocycles. The second-order valence-corrected chi connectivity index (χ2v) is 15.9. The van der Waals surface area contributed by atoms with Crippen LogP contribution in [0.2, 0.25) is 18.1 Å². The van der Waals surface area contributed by atoms with Gasteiger partial charge >= 0.3 is 6.09 Å². The Labute approximate surface area is 193 Å². The highest BCUT2D eigenvalue weighted by Crippen LogP contribution is 2.45. The van der Waals surface area contributed by atoms with Crippen LogP contribution in [0.25, 0.3) is 0 Å². The summed E-state index contributed by atoms with van der Waals surface area (Å²) >= 11 is 0. The third-order valence-electron chi connectivity index (χ3n) is 6.19. The zero-order chi connectivity index (χ0) is 24.3. The minimum absolute atomic E-state index is 0.00558. The zero-order valence-electron chi connectivity index (χ0n) is 20.9. The Morgan fingerprint density at radius 2 is 1.88 bits per heavy atom. The molecule has 9 heteroatoms. The summed E-state index contributed by atoms with van der Waals surface area (Å²) in [6.07, 6.45) is 1.63. The van der Waals surface area contributed by atoms with Crippen molar-refractivity contribution in [3.63, 3.8) is 0 Å². The fraction of sp³-hybridized carbons (Fsp3) is 0.696. The van der Waals surface area contributed by atoms with Gasteiger partial charge in [0.1, 0.15) is 18.2 Å². The van der Waals surface area contributed by atoms with Gasteiger partial charge in [0.05, 0.1) is 18.6 Å². The first kappa shape index (κ1) is 26.3. The highest BCUT2D eigenvalue weighted by atomic mass is 28.3. The highest BCUT2D eigenvalue weighted by molar-refractivity contribution is 6.80. The maximum atomic E-state index is 13.3. The first-order valence-electron chi connectivity index (χ1n) is 11.0. The maximum Gasteiger partial charge on any atom is 0.413 e. The SMILES string of the molecule is COCOC[C@@H]1[C@@H](Cc2ccnc(NC(=O)OC(C)(C)C)c2)C(=O)N1[Si](C)(C)C(C)(C)C. The molecule has 1 aromatic rings. The molecular formula is C23H39N3O5Si. The number of carbonyl (C=O) groups excluding carboxylic acids is 2. The monoisotopic (exact) mass is 465 g/mol. The molecule has 1 saturated heterocycles. The highest BCUT2D eigenvalue weighted by Gasteiger charge is 2.56. The number of hydrogen-bond donors (Lipinski definition) is 1. The van der Waals surface area contributed by atoms with Gasteiger partial charge in [0.25, 0.3) is 0 Å². The standard InChI is InChI=1S/C23H39N3O5Si/c1-22(2,3)31-21(28)25-19-13-16(10-11-24-19)12-17-18(14-30-15-29-7)26(20(17)27)32(8,9)23(4,5)6/h10-11,13,17-18H,12,14-15H2,1-9H3,(H,24,25,28)/t17-,18-/m1/s1. The summed E-state index contributed by atoms with van der Waals surface area (Å²) in [6, 6.07) is 3.66. The zero-order valence-corrected chi connectivity index (χ0v) is 21.9. The molecule has 180 valence electrons. The molecule has 2 atom stereocenters. The normalized spacial score (nSPS) is 19.5. The smallest absolute Gasteiger partial charge is 0.413 e. The molecule has 0 saturated carbocycles. The largest absolute Gasteiger partial charge is 0.444 e. The Kier molecular flexibility index (Phi) is 8.12. The van der Waals surface area contributed by atoms with Crippen LogP contribution < -0.4 is 5.32 Å². The van der Waals surface area contributed by atoms with E-state index in [2.05, 4.69) is 48.7 Å². The van der Waals surface area contributed by atoms with E-state index in [1.165, 1.54) is 0 Å². The van der Waals surface area contributed by atoms with Crippen LogP contribution in [0, 0.1) is 5.92 Å². The van der Waals surface area contributed by atoms with Crippen LogP contribution in [0.3, 0.4) is 0 Å². The van der Waals surface area contributed by atoms with Gasteiger partial charge in [0.2, 0.25) is 5.91 Å². The third kappa shape index (κ3) is 6.30. The predicted molar refractivity (Wildman–Crippen MR) is 127 cm³/mol. The van der Waals surface area contributed by atoms with E-state index in [9.17, 15) is 9.59 Å². The average molecular weight is 466 g/mol. The Hall–Kier alpha value is -1.97. The molecule has 2 heterocycles. The van der Waals surface area contributed by atoms with Crippen LogP contribution in [-0.2, 0) is 25.4 Å². The van der Waals surface area contributed by atoms with Crippen molar-refractivity contribution >= 4 is 26.1 Å². The molecule has 0 radical (unpaired) electrons. The second-order valence-electron chi connectivity index (χ2n) is 10.8. The number of nitrogens with zero attached hydrogens (tertiary/aromatic N) is 2. The topological polar surface area (TPSA) is 90.0 Å². The molecule has 0 bridgehead atoms. The Bertz CT molecular complexity index is 817. The van der Waals surface area contributed by atoms with Crippen LogP contribution in [0.5, 0.6) is 0 Å². The van der Waals surface area contributed by atoms with Crippen molar-refractivity contribution < 1.29 is 23.8 Å². The number of β-lactam (4-membered cyclic amide) rings is 1. The first-order valence-corrected chi connectivity index (χ1v) is 14.0. The Morgan fingerprint density at radius 1 is 1.22 bits per heavy atom. The van der Waals surface area contributed by atoms with Gasteiger partial charge in [0, 0.05) is 13.3 Å². The van der Waals surface area contributed by atoms with Gasteiger partial charge < -0.3 is 18.8 Å². The van der Waals surface area contributed by atoms with E-state index in [-0.39, 0.29) is 29.7 Å². The van der Waals surface area contributed by atoms with E-state index in [0.717, 1.165) is 5.56 Å². The van der Waals surface area contributed by atoms with E-state index < -0.39 is 19.9 Å². The number of anilines is 1. The van der Waals surface area contributed by atoms with Crippen molar-refractivity contribution in [3.8, 4) is 0 Å². The lowest BCUT2D eigenvalue weighted by Crippen LogP contribution is -2.74. The number of pyridine rings is 1. The summed E-state index contributed by atoms with van der Waals surface area (Å²) in [5, 5.41) is 2.70. The Morgan fingerprint density at radius 3 is 2.44 bits per heavy atom. The van der Waals surface area contributed by atoms with E-state index in [1.807, 2.05) is 6.07 Å². The molecule has 1 aliphatic heterocycles. The number of hydrogen-bond acceptors (Lipinski definition) is 6. The molecule has 32 heavy (non-hydrogen) atoms. The van der Waals surface area contributed by atoms with Crippen LogP contribution in [0.15, 0.2) is 18.3 Å². The van der Waals surface area contributed by atoms with Crippen LogP contribution in [-0.4, -0.2) is 61.9 Å². The minimum Gasteiger partial charge on any atom is -0.444 e. The van der Waals surface area contributed by atoms with Crippen molar-refractivity contribution in [1.29, 1.82) is 0 Å². The number of nitrogens with one attached hydrogen (secondary N) is 1. The molecule has 2 amide bonds. The van der Waals surface area contributed by atoms with Crippen molar-refractivity contribution in [1.82, 2.24) is 9.55 Å². The molecule has 0 spiro atoms. The number of amides is 2. The number of aromatic nitrogens is 1. The molecular weight excluding hydrogens is 426 g/mol. The molecule has 1 aliphatic rings. The van der Waals surface area contributed by atoms with Gasteiger partial charge in [-0.05, 0) is 49.9 Å². The summed E-state index contributed by atoms with van der Waals surface area (Å²) in [7, 11) is -0.457. The molecule has 1 N–H and O–H groups in total. The van der Waals surface area contributed by atoms with Gasteiger partial charge in [-0.1, -0.05) is 33.9 Å². The van der Waals surface area contributed by atoms with Gasteiger partial charge in [-0.3, -0.25) is 10.1 Å². The summed E-state index contributed by atoms with van der Waals surface area (Å²) < 4.78 is 18.1. The molecule has 0 aliphatic carbocycles. The summed E-state index contributed by atoms with van der Waals surface area (Å²) in [5.74, 6) is 0.385. The van der Waals surface area contributed by atoms with Crippen LogP contribution >= 0.6 is 0 Å². The maximum absolute atomic E-state index is 13.3. The van der Waals surface area contributed by atoms with Crippen molar-refractivity contribution in [3.05, 3.63) is 23.9 Å². The van der Waals surface area contributed by atoms with E-state index in [0.29, 0.717) is 18.8 Å². The number of rotatable bonds is 8. The van der Waals surface area contributed by atoms with Crippen molar-refractivity contribution in [2.75, 3.05) is 25.8 Å². The number of carbonyl (C=O) groups is 2. The summed E-state index contributed by atoms with van der Waals surface area (Å²) in [4.78, 5) is 29.6. The van der Waals surface area contributed by atoms with Crippen molar-refractivity contribution in [2.45, 2.75) is 77.7 Å². The molecule has 0 unspecified atom stereocenters. The lowest BCUT2D eigenvalue weighted by atomic mass is 9.85. The van der Waals surface area contributed by atoms with Gasteiger partial charge in [0.15, 0.2) is 8.24 Å². The van der Waals surface area contributed by atoms with Gasteiger partial charge in [-0.2, -0.15) is 0 Å². The number of methoxy groups -OCH3 is 1. The molecule has 2 rings (SSSR count). The van der Waals surface area contributed by atoms with Crippen LogP contribution in [0.4, 0.5) is 10.6 Å². The predicted octanol–water partition coefficient (Wildman–Crippen LogP) is 4.42. The van der Waals surface area contributed by atoms with E-state index >= 15 is 0 Å². The first-order chi connectivity index (χ1) is 14.7. The van der Waals surface area contributed by atoms with Crippen molar-refractivity contribution in [2.24, 2.45) is 5.92 Å². The summed E-state index contributed by atoms with van der Waals surface area (Å²) in [6.45, 7) is 17.1. The van der Waals surface area contributed by atoms with E-state index in [1.54, 1.807) is 40.1 Å². The lowest BCUT2D eigenvalue weighted by Gasteiger charge is -2.58. The lowest BCUT2D eigenvalue weighted by molar-refractivity contribution is -0.154. The fourth-order valence-corrected chi connectivity index (χ4v) is 6.18.